The van der Waals surface area contributed by atoms with Gasteiger partial charge in [-0.25, -0.2) is 9.18 Å². The number of isocyanates is 1. The van der Waals surface area contributed by atoms with Gasteiger partial charge in [-0.05, 0) is 38.5 Å². The van der Waals surface area contributed by atoms with Crippen LogP contribution in [0.2, 0.25) is 0 Å². The van der Waals surface area contributed by atoms with E-state index in [9.17, 15) is 9.18 Å². The van der Waals surface area contributed by atoms with Gasteiger partial charge >= 0.3 is 0 Å². The van der Waals surface area contributed by atoms with Crippen molar-refractivity contribution in [3.63, 3.8) is 0 Å². The normalized spacial score (nSPS) is 10.8. The van der Waals surface area contributed by atoms with Gasteiger partial charge in [0.25, 0.3) is 0 Å². The maximum atomic E-state index is 13.5. The topological polar surface area (TPSA) is 38.7 Å². The number of benzene rings is 1. The zero-order valence-corrected chi connectivity index (χ0v) is 9.80. The van der Waals surface area contributed by atoms with Crippen LogP contribution in [0.5, 0.6) is 5.75 Å². The van der Waals surface area contributed by atoms with Crippen molar-refractivity contribution in [1.82, 2.24) is 0 Å². The molecule has 0 unspecified atom stereocenters. The summed E-state index contributed by atoms with van der Waals surface area (Å²) in [6, 6.07) is 2.93. The second-order valence-electron chi connectivity index (χ2n) is 4.06. The van der Waals surface area contributed by atoms with Gasteiger partial charge in [0, 0.05) is 5.56 Å². The van der Waals surface area contributed by atoms with E-state index in [1.807, 2.05) is 0 Å². The summed E-state index contributed by atoms with van der Waals surface area (Å²) in [5.74, 6) is 0.174. The lowest BCUT2D eigenvalue weighted by Gasteiger charge is -2.21. The van der Waals surface area contributed by atoms with Crippen LogP contribution in [0.25, 0.3) is 0 Å². The number of halogens is 1. The molecule has 0 spiro atoms. The molecule has 0 saturated heterocycles. The van der Waals surface area contributed by atoms with Gasteiger partial charge in [0.2, 0.25) is 6.08 Å². The number of aryl methyl sites for hydroxylation is 1. The molecule has 0 radical (unpaired) electrons. The Balaban J connectivity index is 3.42. The first kappa shape index (κ1) is 12.4. The highest BCUT2D eigenvalue weighted by Crippen LogP contribution is 2.34. The largest absolute Gasteiger partial charge is 0.496 e. The molecule has 0 atom stereocenters. The molecule has 0 aliphatic heterocycles. The molecule has 0 amide bonds. The van der Waals surface area contributed by atoms with Crippen LogP contribution in [0.4, 0.5) is 4.39 Å². The standard InChI is InChI=1S/C12H14FNO2/c1-8-5-11(16-4)9(6-10(8)13)12(2,3)14-7-15/h5-6H,1-4H3. The average molecular weight is 223 g/mol. The molecule has 0 fully saturated rings. The zero-order chi connectivity index (χ0) is 12.3. The molecule has 0 aromatic heterocycles. The van der Waals surface area contributed by atoms with Crippen LogP contribution >= 0.6 is 0 Å². The predicted molar refractivity (Wildman–Crippen MR) is 58.8 cm³/mol. The van der Waals surface area contributed by atoms with E-state index >= 15 is 0 Å². The summed E-state index contributed by atoms with van der Waals surface area (Å²) in [6.45, 7) is 5.05. The van der Waals surface area contributed by atoms with Crippen molar-refractivity contribution < 1.29 is 13.9 Å². The highest BCUT2D eigenvalue weighted by molar-refractivity contribution is 5.45. The van der Waals surface area contributed by atoms with Crippen molar-refractivity contribution in [2.45, 2.75) is 26.3 Å². The summed E-state index contributed by atoms with van der Waals surface area (Å²) >= 11 is 0. The molecular formula is C12H14FNO2. The smallest absolute Gasteiger partial charge is 0.235 e. The summed E-state index contributed by atoms with van der Waals surface area (Å²) in [5, 5.41) is 0. The lowest BCUT2D eigenvalue weighted by Crippen LogP contribution is -2.15. The Hall–Kier alpha value is -1.67. The van der Waals surface area contributed by atoms with Crippen molar-refractivity contribution in [3.8, 4) is 5.75 Å². The van der Waals surface area contributed by atoms with Crippen molar-refractivity contribution >= 4 is 6.08 Å². The number of nitrogens with zero attached hydrogens (tertiary/aromatic N) is 1. The first-order valence-electron chi connectivity index (χ1n) is 4.86. The van der Waals surface area contributed by atoms with E-state index in [-0.39, 0.29) is 5.82 Å². The number of methoxy groups -OCH3 is 1. The minimum Gasteiger partial charge on any atom is -0.496 e. The maximum absolute atomic E-state index is 13.5. The molecule has 0 saturated carbocycles. The summed E-state index contributed by atoms with van der Waals surface area (Å²) in [7, 11) is 1.50. The van der Waals surface area contributed by atoms with Crippen LogP contribution in [0.15, 0.2) is 17.1 Å². The molecule has 1 aromatic rings. The zero-order valence-electron chi connectivity index (χ0n) is 9.80. The fourth-order valence-electron chi connectivity index (χ4n) is 1.48. The summed E-state index contributed by atoms with van der Waals surface area (Å²) in [5.41, 5.74) is 0.176. The van der Waals surface area contributed by atoms with E-state index in [0.29, 0.717) is 16.9 Å². The monoisotopic (exact) mass is 223 g/mol. The van der Waals surface area contributed by atoms with Crippen LogP contribution in [0.3, 0.4) is 0 Å². The van der Waals surface area contributed by atoms with Crippen molar-refractivity contribution in [3.05, 3.63) is 29.1 Å². The maximum Gasteiger partial charge on any atom is 0.235 e. The Morgan fingerprint density at radius 2 is 2.06 bits per heavy atom. The van der Waals surface area contributed by atoms with Gasteiger partial charge in [-0.15, -0.1) is 0 Å². The van der Waals surface area contributed by atoms with Gasteiger partial charge in [-0.1, -0.05) is 0 Å². The number of ether oxygens (including phenoxy) is 1. The van der Waals surface area contributed by atoms with E-state index in [1.54, 1.807) is 26.8 Å². The summed E-state index contributed by atoms with van der Waals surface area (Å²) in [4.78, 5) is 14.0. The quantitative estimate of drug-likeness (QED) is 0.583. The molecule has 0 heterocycles. The molecule has 4 heteroatoms. The third kappa shape index (κ3) is 2.28. The van der Waals surface area contributed by atoms with E-state index < -0.39 is 5.54 Å². The van der Waals surface area contributed by atoms with Crippen molar-refractivity contribution in [1.29, 1.82) is 0 Å². The molecular weight excluding hydrogens is 209 g/mol. The van der Waals surface area contributed by atoms with Gasteiger partial charge in [-0.2, -0.15) is 4.99 Å². The molecule has 0 N–H and O–H groups in total. The predicted octanol–water partition coefficient (Wildman–Crippen LogP) is 2.71. The molecule has 1 rings (SSSR count). The number of aliphatic imine (C=N–C) groups is 1. The highest BCUT2D eigenvalue weighted by Gasteiger charge is 2.25. The summed E-state index contributed by atoms with van der Waals surface area (Å²) in [6.07, 6.45) is 1.49. The lowest BCUT2D eigenvalue weighted by atomic mass is 9.93. The number of rotatable bonds is 3. The Morgan fingerprint density at radius 3 is 2.56 bits per heavy atom. The van der Waals surface area contributed by atoms with Crippen LogP contribution in [-0.2, 0) is 10.3 Å². The Kier molecular flexibility index (Phi) is 3.45. The van der Waals surface area contributed by atoms with Gasteiger partial charge < -0.3 is 4.74 Å². The second-order valence-corrected chi connectivity index (χ2v) is 4.06. The van der Waals surface area contributed by atoms with E-state index in [2.05, 4.69) is 4.99 Å². The van der Waals surface area contributed by atoms with Crippen molar-refractivity contribution in [2.75, 3.05) is 7.11 Å². The van der Waals surface area contributed by atoms with E-state index in [1.165, 1.54) is 19.3 Å². The summed E-state index contributed by atoms with van der Waals surface area (Å²) < 4.78 is 18.6. The molecule has 0 bridgehead atoms. The third-order valence-electron chi connectivity index (χ3n) is 2.47. The molecule has 86 valence electrons. The van der Waals surface area contributed by atoms with E-state index in [0.717, 1.165) is 0 Å². The number of hydrogen-bond donors (Lipinski definition) is 0. The Morgan fingerprint density at radius 1 is 1.44 bits per heavy atom. The lowest BCUT2D eigenvalue weighted by molar-refractivity contribution is 0.392. The second kappa shape index (κ2) is 4.45. The van der Waals surface area contributed by atoms with Gasteiger partial charge in [0.15, 0.2) is 0 Å². The van der Waals surface area contributed by atoms with Crippen LogP contribution in [0, 0.1) is 12.7 Å². The average Bonchev–Trinajstić information content (AvgIpc) is 2.21. The number of carbonyl (C=O) groups excluding carboxylic acids is 1. The van der Waals surface area contributed by atoms with Crippen LogP contribution in [0.1, 0.15) is 25.0 Å². The Bertz CT molecular complexity index is 449. The minimum atomic E-state index is -0.846. The minimum absolute atomic E-state index is 0.343. The SMILES string of the molecule is COc1cc(C)c(F)cc1C(C)(C)N=C=O. The van der Waals surface area contributed by atoms with Crippen LogP contribution in [-0.4, -0.2) is 13.2 Å². The molecule has 0 aliphatic rings. The molecule has 1 aromatic carbocycles. The fraction of sp³-hybridized carbons (Fsp3) is 0.417. The fourth-order valence-corrected chi connectivity index (χ4v) is 1.48. The molecule has 16 heavy (non-hydrogen) atoms. The van der Waals surface area contributed by atoms with Crippen molar-refractivity contribution in [2.24, 2.45) is 4.99 Å². The Labute approximate surface area is 94.0 Å². The van der Waals surface area contributed by atoms with Crippen LogP contribution < -0.4 is 4.74 Å². The van der Waals surface area contributed by atoms with Gasteiger partial charge in [0.1, 0.15) is 11.6 Å². The highest BCUT2D eigenvalue weighted by atomic mass is 19.1. The first-order valence-corrected chi connectivity index (χ1v) is 4.86. The van der Waals surface area contributed by atoms with E-state index in [4.69, 9.17) is 4.74 Å². The number of hydrogen-bond acceptors (Lipinski definition) is 3. The third-order valence-corrected chi connectivity index (χ3v) is 2.47. The molecule has 3 nitrogen and oxygen atoms in total. The van der Waals surface area contributed by atoms with Gasteiger partial charge in [0.05, 0.1) is 12.6 Å². The first-order chi connectivity index (χ1) is 7.42. The van der Waals surface area contributed by atoms with Gasteiger partial charge in [-0.3, -0.25) is 0 Å². The molecule has 0 aliphatic carbocycles.